The van der Waals surface area contributed by atoms with Gasteiger partial charge in [0.15, 0.2) is 11.0 Å². The largest absolute Gasteiger partial charge is 0.416 e. The highest BCUT2D eigenvalue weighted by Crippen LogP contribution is 2.31. The van der Waals surface area contributed by atoms with Crippen LogP contribution in [0.3, 0.4) is 0 Å². The Morgan fingerprint density at radius 3 is 2.43 bits per heavy atom. The first-order chi connectivity index (χ1) is 16.5. The Labute approximate surface area is 209 Å². The Hall–Kier alpha value is -3.05. The Kier molecular flexibility index (Phi) is 8.44. The third kappa shape index (κ3) is 6.98. The Morgan fingerprint density at radius 1 is 1.11 bits per heavy atom. The molecule has 7 nitrogen and oxygen atoms in total. The molecule has 35 heavy (non-hydrogen) atoms. The number of carbonyl (C=O) groups excluding carboxylic acids is 2. The second kappa shape index (κ2) is 11.1. The molecule has 0 radical (unpaired) electrons. The number of nitrogens with one attached hydrogen (secondary N) is 2. The van der Waals surface area contributed by atoms with Crippen LogP contribution in [-0.2, 0) is 18.0 Å². The highest BCUT2D eigenvalue weighted by atomic mass is 35.5. The van der Waals surface area contributed by atoms with E-state index < -0.39 is 23.7 Å². The van der Waals surface area contributed by atoms with E-state index in [2.05, 4.69) is 20.8 Å². The van der Waals surface area contributed by atoms with Crippen LogP contribution in [0.4, 0.5) is 18.9 Å². The SMILES string of the molecule is CC(C)[C@@H](NC(=O)c1ccc(Cl)cc1)c1nnc(SCC(=O)Nc2cccc(C(F)(F)F)c2)n1C. The number of aromatic nitrogens is 3. The first kappa shape index (κ1) is 26.6. The zero-order chi connectivity index (χ0) is 25.8. The van der Waals surface area contributed by atoms with Crippen molar-refractivity contribution in [3.05, 3.63) is 70.5 Å². The average molecular weight is 526 g/mol. The molecule has 3 rings (SSSR count). The number of halogens is 4. The van der Waals surface area contributed by atoms with Crippen molar-refractivity contribution in [3.63, 3.8) is 0 Å². The van der Waals surface area contributed by atoms with Gasteiger partial charge in [-0.1, -0.05) is 43.3 Å². The summed E-state index contributed by atoms with van der Waals surface area (Å²) in [7, 11) is 1.71. The molecule has 186 valence electrons. The molecule has 1 aromatic heterocycles. The van der Waals surface area contributed by atoms with Gasteiger partial charge in [0.25, 0.3) is 5.91 Å². The Bertz CT molecular complexity index is 1200. The molecule has 12 heteroatoms. The van der Waals surface area contributed by atoms with Gasteiger partial charge in [0.05, 0.1) is 17.4 Å². The zero-order valence-electron chi connectivity index (χ0n) is 19.1. The lowest BCUT2D eigenvalue weighted by Gasteiger charge is -2.21. The zero-order valence-corrected chi connectivity index (χ0v) is 20.6. The van der Waals surface area contributed by atoms with E-state index in [-0.39, 0.29) is 23.3 Å². The second-order valence-corrected chi connectivity index (χ2v) is 9.40. The minimum absolute atomic E-state index is 0.0174. The van der Waals surface area contributed by atoms with Crippen molar-refractivity contribution in [3.8, 4) is 0 Å². The van der Waals surface area contributed by atoms with E-state index >= 15 is 0 Å². The van der Waals surface area contributed by atoms with Gasteiger partial charge in [0, 0.05) is 23.3 Å². The number of carbonyl (C=O) groups is 2. The van der Waals surface area contributed by atoms with Gasteiger partial charge >= 0.3 is 6.18 Å². The van der Waals surface area contributed by atoms with E-state index in [1.165, 1.54) is 12.1 Å². The molecule has 2 amide bonds. The summed E-state index contributed by atoms with van der Waals surface area (Å²) in [5.74, 6) is -0.390. The lowest BCUT2D eigenvalue weighted by Crippen LogP contribution is -2.33. The van der Waals surface area contributed by atoms with Crippen LogP contribution in [0.2, 0.25) is 5.02 Å². The highest BCUT2D eigenvalue weighted by molar-refractivity contribution is 7.99. The Morgan fingerprint density at radius 2 is 1.80 bits per heavy atom. The minimum Gasteiger partial charge on any atom is -0.342 e. The van der Waals surface area contributed by atoms with E-state index in [0.717, 1.165) is 23.9 Å². The van der Waals surface area contributed by atoms with Crippen LogP contribution >= 0.6 is 23.4 Å². The molecule has 0 aliphatic rings. The fraction of sp³-hybridized carbons (Fsp3) is 0.304. The number of alkyl halides is 3. The van der Waals surface area contributed by atoms with Crippen LogP contribution in [0.15, 0.2) is 53.7 Å². The number of amides is 2. The molecule has 1 heterocycles. The van der Waals surface area contributed by atoms with Gasteiger partial charge in [0.2, 0.25) is 5.91 Å². The van der Waals surface area contributed by atoms with Crippen LogP contribution < -0.4 is 10.6 Å². The number of hydrogen-bond donors (Lipinski definition) is 2. The smallest absolute Gasteiger partial charge is 0.342 e. The van der Waals surface area contributed by atoms with Crippen LogP contribution in [0.5, 0.6) is 0 Å². The molecule has 2 aromatic carbocycles. The molecule has 0 spiro atoms. The predicted octanol–water partition coefficient (Wildman–Crippen LogP) is 5.35. The average Bonchev–Trinajstić information content (AvgIpc) is 3.15. The van der Waals surface area contributed by atoms with Crippen LogP contribution in [0.1, 0.15) is 41.6 Å². The highest BCUT2D eigenvalue weighted by Gasteiger charge is 2.30. The maximum Gasteiger partial charge on any atom is 0.416 e. The third-order valence-corrected chi connectivity index (χ3v) is 6.28. The number of hydrogen-bond acceptors (Lipinski definition) is 5. The van der Waals surface area contributed by atoms with Crippen molar-refractivity contribution in [1.29, 1.82) is 0 Å². The topological polar surface area (TPSA) is 88.9 Å². The van der Waals surface area contributed by atoms with Gasteiger partial charge in [0.1, 0.15) is 0 Å². The molecule has 0 aliphatic heterocycles. The van der Waals surface area contributed by atoms with Crippen LogP contribution in [0.25, 0.3) is 0 Å². The van der Waals surface area contributed by atoms with Crippen molar-refractivity contribution in [2.75, 3.05) is 11.1 Å². The number of anilines is 1. The first-order valence-electron chi connectivity index (χ1n) is 10.5. The van der Waals surface area contributed by atoms with Crippen LogP contribution in [0, 0.1) is 5.92 Å². The summed E-state index contributed by atoms with van der Waals surface area (Å²) in [5, 5.41) is 14.7. The quantitative estimate of drug-likeness (QED) is 0.387. The molecule has 0 fully saturated rings. The van der Waals surface area contributed by atoms with Gasteiger partial charge in [-0.3, -0.25) is 9.59 Å². The van der Waals surface area contributed by atoms with Gasteiger partial charge in [-0.05, 0) is 48.4 Å². The molecule has 0 saturated carbocycles. The number of nitrogens with zero attached hydrogens (tertiary/aromatic N) is 3. The molecule has 0 aliphatic carbocycles. The summed E-state index contributed by atoms with van der Waals surface area (Å²) in [6, 6.07) is 10.5. The molecule has 1 atom stereocenters. The lowest BCUT2D eigenvalue weighted by molar-refractivity contribution is -0.137. The first-order valence-corrected chi connectivity index (χ1v) is 11.9. The van der Waals surface area contributed by atoms with Crippen LogP contribution in [-0.4, -0.2) is 32.3 Å². The lowest BCUT2D eigenvalue weighted by atomic mass is 10.0. The maximum atomic E-state index is 12.9. The molecular formula is C23H23ClF3N5O2S. The van der Waals surface area contributed by atoms with E-state index in [4.69, 9.17) is 11.6 Å². The molecular weight excluding hydrogens is 503 g/mol. The maximum absolute atomic E-state index is 12.9. The van der Waals surface area contributed by atoms with Gasteiger partial charge in [-0.25, -0.2) is 0 Å². The molecule has 0 saturated heterocycles. The fourth-order valence-corrected chi connectivity index (χ4v) is 4.02. The van der Waals surface area contributed by atoms with Crippen molar-refractivity contribution >= 4 is 40.9 Å². The van der Waals surface area contributed by atoms with Crippen molar-refractivity contribution in [2.45, 2.75) is 31.2 Å². The summed E-state index contributed by atoms with van der Waals surface area (Å²) in [6.07, 6.45) is -4.50. The number of thioether (sulfide) groups is 1. The van der Waals surface area contributed by atoms with E-state index in [9.17, 15) is 22.8 Å². The summed E-state index contributed by atoms with van der Waals surface area (Å²) < 4.78 is 40.3. The third-order valence-electron chi connectivity index (χ3n) is 5.01. The van der Waals surface area contributed by atoms with Gasteiger partial charge < -0.3 is 15.2 Å². The normalized spacial score (nSPS) is 12.5. The predicted molar refractivity (Wildman–Crippen MR) is 128 cm³/mol. The van der Waals surface area contributed by atoms with Gasteiger partial charge in [-0.15, -0.1) is 10.2 Å². The van der Waals surface area contributed by atoms with E-state index in [1.54, 1.807) is 35.9 Å². The monoisotopic (exact) mass is 525 g/mol. The van der Waals surface area contributed by atoms with Gasteiger partial charge in [-0.2, -0.15) is 13.2 Å². The fourth-order valence-electron chi connectivity index (χ4n) is 3.18. The molecule has 0 bridgehead atoms. The summed E-state index contributed by atoms with van der Waals surface area (Å²) in [6.45, 7) is 3.85. The minimum atomic E-state index is -4.50. The number of rotatable bonds is 8. The van der Waals surface area contributed by atoms with E-state index in [0.29, 0.717) is 21.6 Å². The summed E-state index contributed by atoms with van der Waals surface area (Å²) in [4.78, 5) is 25.0. The second-order valence-electron chi connectivity index (χ2n) is 8.02. The standard InChI is InChI=1S/C23H23ClF3N5O2S/c1-13(2)19(29-21(34)14-7-9-16(24)10-8-14)20-30-31-22(32(20)3)35-12-18(33)28-17-6-4-5-15(11-17)23(25,26)27/h4-11,13,19H,12H2,1-3H3,(H,28,33)(H,29,34)/t19-/m1/s1. The van der Waals surface area contributed by atoms with Crippen molar-refractivity contribution < 1.29 is 22.8 Å². The molecule has 0 unspecified atom stereocenters. The summed E-state index contributed by atoms with van der Waals surface area (Å²) in [5.41, 5.74) is -0.349. The van der Waals surface area contributed by atoms with Crippen molar-refractivity contribution in [2.24, 2.45) is 13.0 Å². The molecule has 3 aromatic rings. The molecule has 2 N–H and O–H groups in total. The van der Waals surface area contributed by atoms with Crippen molar-refractivity contribution in [1.82, 2.24) is 20.1 Å². The Balaban J connectivity index is 1.65. The summed E-state index contributed by atoms with van der Waals surface area (Å²) >= 11 is 6.96. The van der Waals surface area contributed by atoms with E-state index in [1.807, 2.05) is 13.8 Å². The number of benzene rings is 2.